The number of hydrogen-bond acceptors (Lipinski definition) is 3. The molecule has 7 heteroatoms. The largest absolute Gasteiger partial charge is 0.324 e. The molecule has 1 aromatic heterocycles. The van der Waals surface area contributed by atoms with Gasteiger partial charge in [-0.25, -0.2) is 18.1 Å². The summed E-state index contributed by atoms with van der Waals surface area (Å²) in [5.41, 5.74) is 1.07. The van der Waals surface area contributed by atoms with Crippen LogP contribution >= 0.6 is 11.6 Å². The first-order valence-corrected chi connectivity index (χ1v) is 7.99. The number of nitrogens with zero attached hydrogens (tertiary/aromatic N) is 2. The maximum absolute atomic E-state index is 12.1. The van der Waals surface area contributed by atoms with Crippen molar-refractivity contribution >= 4 is 21.6 Å². The molecule has 1 aromatic carbocycles. The highest BCUT2D eigenvalue weighted by Crippen LogP contribution is 2.19. The highest BCUT2D eigenvalue weighted by atomic mass is 35.5. The van der Waals surface area contributed by atoms with Crippen LogP contribution < -0.4 is 4.72 Å². The van der Waals surface area contributed by atoms with Gasteiger partial charge in [0.15, 0.2) is 0 Å². The lowest BCUT2D eigenvalue weighted by atomic mass is 10.0. The van der Waals surface area contributed by atoms with E-state index in [9.17, 15) is 8.42 Å². The summed E-state index contributed by atoms with van der Waals surface area (Å²) in [6.45, 7) is 2.25. The zero-order chi connectivity index (χ0) is 14.8. The number of imidazole rings is 1. The van der Waals surface area contributed by atoms with Gasteiger partial charge in [-0.1, -0.05) is 48.9 Å². The van der Waals surface area contributed by atoms with Crippen molar-refractivity contribution in [2.75, 3.05) is 6.54 Å². The van der Waals surface area contributed by atoms with Crippen molar-refractivity contribution < 1.29 is 8.42 Å². The standard InChI is InChI=1S/C13H16ClN3O2S/c1-10(11-6-4-3-5-7-11)8-16-20(18,19)13-12(14)17(2)9-15-13/h3-7,9-10,16H,8H2,1-2H3/t10-/m0/s1. The first-order valence-electron chi connectivity index (χ1n) is 6.13. The number of hydrogen-bond donors (Lipinski definition) is 1. The molecule has 0 saturated carbocycles. The fraction of sp³-hybridized carbons (Fsp3) is 0.308. The molecule has 108 valence electrons. The average molecular weight is 314 g/mol. The minimum Gasteiger partial charge on any atom is -0.324 e. The lowest BCUT2D eigenvalue weighted by molar-refractivity contribution is 0.571. The van der Waals surface area contributed by atoms with E-state index in [2.05, 4.69) is 9.71 Å². The maximum atomic E-state index is 12.1. The lowest BCUT2D eigenvalue weighted by Crippen LogP contribution is -2.28. The minimum absolute atomic E-state index is 0.0634. The quantitative estimate of drug-likeness (QED) is 0.920. The first kappa shape index (κ1) is 15.0. The van der Waals surface area contributed by atoms with Gasteiger partial charge in [0, 0.05) is 13.6 Å². The Morgan fingerprint density at radius 2 is 2.00 bits per heavy atom. The van der Waals surface area contributed by atoms with Crippen molar-refractivity contribution in [2.24, 2.45) is 7.05 Å². The van der Waals surface area contributed by atoms with Gasteiger partial charge in [0.25, 0.3) is 10.0 Å². The van der Waals surface area contributed by atoms with Crippen molar-refractivity contribution in [3.8, 4) is 0 Å². The second kappa shape index (κ2) is 5.95. The summed E-state index contributed by atoms with van der Waals surface area (Å²) in [6, 6.07) is 9.71. The van der Waals surface area contributed by atoms with Gasteiger partial charge in [0.05, 0.1) is 6.33 Å². The van der Waals surface area contributed by atoms with E-state index in [1.54, 1.807) is 7.05 Å². The maximum Gasteiger partial charge on any atom is 0.261 e. The molecule has 2 aromatic rings. The number of benzene rings is 1. The Balaban J connectivity index is 2.09. The number of rotatable bonds is 5. The van der Waals surface area contributed by atoms with Crippen LogP contribution in [0.2, 0.25) is 5.15 Å². The van der Waals surface area contributed by atoms with Crippen LogP contribution in [0.1, 0.15) is 18.4 Å². The van der Waals surface area contributed by atoms with Crippen LogP contribution in [0.4, 0.5) is 0 Å². The summed E-state index contributed by atoms with van der Waals surface area (Å²) in [7, 11) is -2.05. The van der Waals surface area contributed by atoms with Crippen LogP contribution in [-0.2, 0) is 17.1 Å². The van der Waals surface area contributed by atoms with Crippen LogP contribution in [0, 0.1) is 0 Å². The predicted molar refractivity (Wildman–Crippen MR) is 78.3 cm³/mol. The molecule has 0 saturated heterocycles. The summed E-state index contributed by atoms with van der Waals surface area (Å²) >= 11 is 5.91. The third-order valence-corrected chi connectivity index (χ3v) is 4.95. The molecular weight excluding hydrogens is 298 g/mol. The molecule has 0 amide bonds. The molecule has 0 aliphatic heterocycles. The highest BCUT2D eigenvalue weighted by Gasteiger charge is 2.22. The van der Waals surface area contributed by atoms with Crippen molar-refractivity contribution in [1.29, 1.82) is 0 Å². The Bertz CT molecular complexity index is 683. The Morgan fingerprint density at radius 3 is 2.55 bits per heavy atom. The van der Waals surface area contributed by atoms with Crippen LogP contribution in [0.25, 0.3) is 0 Å². The summed E-state index contributed by atoms with van der Waals surface area (Å²) in [5.74, 6) is 0.0634. The summed E-state index contributed by atoms with van der Waals surface area (Å²) in [5, 5.41) is -0.0354. The Labute approximate surface area is 123 Å². The zero-order valence-corrected chi connectivity index (χ0v) is 12.8. The molecule has 0 spiro atoms. The van der Waals surface area contributed by atoms with E-state index in [0.29, 0.717) is 6.54 Å². The molecule has 0 unspecified atom stereocenters. The SMILES string of the molecule is C[C@@H](CNS(=O)(=O)c1ncn(C)c1Cl)c1ccccc1. The van der Waals surface area contributed by atoms with E-state index in [4.69, 9.17) is 11.6 Å². The van der Waals surface area contributed by atoms with Crippen LogP contribution in [-0.4, -0.2) is 24.5 Å². The molecule has 2 rings (SSSR count). The molecule has 1 heterocycles. The van der Waals surface area contributed by atoms with Crippen LogP contribution in [0.3, 0.4) is 0 Å². The van der Waals surface area contributed by atoms with Crippen molar-refractivity contribution in [3.05, 3.63) is 47.4 Å². The molecule has 0 fully saturated rings. The molecule has 5 nitrogen and oxygen atoms in total. The molecule has 1 atom stereocenters. The average Bonchev–Trinajstić information content (AvgIpc) is 2.78. The fourth-order valence-corrected chi connectivity index (χ4v) is 3.33. The van der Waals surface area contributed by atoms with Gasteiger partial charge in [-0.2, -0.15) is 0 Å². The topological polar surface area (TPSA) is 64.0 Å². The van der Waals surface area contributed by atoms with Crippen LogP contribution in [0.5, 0.6) is 0 Å². The second-order valence-electron chi connectivity index (χ2n) is 4.62. The third kappa shape index (κ3) is 3.20. The van der Waals surface area contributed by atoms with Crippen molar-refractivity contribution in [3.63, 3.8) is 0 Å². The number of aryl methyl sites for hydroxylation is 1. The molecule has 1 N–H and O–H groups in total. The molecule has 0 bridgehead atoms. The fourth-order valence-electron chi connectivity index (χ4n) is 1.78. The normalized spacial score (nSPS) is 13.3. The number of halogens is 1. The van der Waals surface area contributed by atoms with Gasteiger partial charge in [0.2, 0.25) is 5.03 Å². The Kier molecular flexibility index (Phi) is 4.47. The van der Waals surface area contributed by atoms with Gasteiger partial charge in [-0.05, 0) is 11.5 Å². The van der Waals surface area contributed by atoms with Gasteiger partial charge < -0.3 is 4.57 Å². The van der Waals surface area contributed by atoms with Crippen molar-refractivity contribution in [2.45, 2.75) is 17.9 Å². The summed E-state index contributed by atoms with van der Waals surface area (Å²) < 4.78 is 28.3. The highest BCUT2D eigenvalue weighted by molar-refractivity contribution is 7.89. The molecule has 0 aliphatic carbocycles. The lowest BCUT2D eigenvalue weighted by Gasteiger charge is -2.12. The summed E-state index contributed by atoms with van der Waals surface area (Å²) in [6.07, 6.45) is 1.37. The molecule has 20 heavy (non-hydrogen) atoms. The third-order valence-electron chi connectivity index (χ3n) is 3.04. The van der Waals surface area contributed by atoms with E-state index in [1.165, 1.54) is 10.9 Å². The number of aromatic nitrogens is 2. The van der Waals surface area contributed by atoms with Crippen molar-refractivity contribution in [1.82, 2.24) is 14.3 Å². The Morgan fingerprint density at radius 1 is 1.35 bits per heavy atom. The zero-order valence-electron chi connectivity index (χ0n) is 11.2. The smallest absolute Gasteiger partial charge is 0.261 e. The van der Waals surface area contributed by atoms with Gasteiger partial charge in [-0.15, -0.1) is 0 Å². The molecule has 0 aliphatic rings. The van der Waals surface area contributed by atoms with Gasteiger partial charge >= 0.3 is 0 Å². The first-order chi connectivity index (χ1) is 9.42. The molecule has 0 radical (unpaired) electrons. The van der Waals surface area contributed by atoms with Crippen LogP contribution in [0.15, 0.2) is 41.7 Å². The predicted octanol–water partition coefficient (Wildman–Crippen LogP) is 2.16. The van der Waals surface area contributed by atoms with Gasteiger partial charge in [0.1, 0.15) is 5.15 Å². The second-order valence-corrected chi connectivity index (χ2v) is 6.66. The van der Waals surface area contributed by atoms with E-state index in [-0.39, 0.29) is 16.1 Å². The van der Waals surface area contributed by atoms with E-state index in [1.807, 2.05) is 37.3 Å². The van der Waals surface area contributed by atoms with E-state index >= 15 is 0 Å². The van der Waals surface area contributed by atoms with E-state index in [0.717, 1.165) is 5.56 Å². The minimum atomic E-state index is -3.69. The van der Waals surface area contributed by atoms with Gasteiger partial charge in [-0.3, -0.25) is 0 Å². The molecular formula is C13H16ClN3O2S. The number of sulfonamides is 1. The van der Waals surface area contributed by atoms with E-state index < -0.39 is 10.0 Å². The Hall–Kier alpha value is -1.37. The number of nitrogens with one attached hydrogen (secondary N) is 1. The summed E-state index contributed by atoms with van der Waals surface area (Å²) in [4.78, 5) is 3.82. The monoisotopic (exact) mass is 313 g/mol.